The molecule has 0 spiro atoms. The lowest BCUT2D eigenvalue weighted by molar-refractivity contribution is -0.118. The first-order valence-electron chi connectivity index (χ1n) is 9.49. The van der Waals surface area contributed by atoms with E-state index in [-0.39, 0.29) is 32.3 Å². The Labute approximate surface area is 208 Å². The number of sulfone groups is 1. The van der Waals surface area contributed by atoms with E-state index in [1.807, 2.05) is 0 Å². The first-order chi connectivity index (χ1) is 15.5. The van der Waals surface area contributed by atoms with E-state index < -0.39 is 27.3 Å². The fourth-order valence-corrected chi connectivity index (χ4v) is 6.82. The fourth-order valence-electron chi connectivity index (χ4n) is 3.44. The monoisotopic (exact) mass is 541 g/mol. The van der Waals surface area contributed by atoms with E-state index in [4.69, 9.17) is 34.8 Å². The number of halogens is 3. The molecule has 0 radical (unpaired) electrons. The molecule has 1 aliphatic heterocycles. The minimum Gasteiger partial charge on any atom is -0.298 e. The van der Waals surface area contributed by atoms with E-state index in [0.29, 0.717) is 27.4 Å². The molecule has 0 saturated heterocycles. The number of hydrogen-bond acceptors (Lipinski definition) is 6. The zero-order valence-electron chi connectivity index (χ0n) is 16.7. The number of imide groups is 1. The van der Waals surface area contributed by atoms with Crippen LogP contribution in [0.5, 0.6) is 0 Å². The summed E-state index contributed by atoms with van der Waals surface area (Å²) in [6.45, 7) is 0. The predicted octanol–water partition coefficient (Wildman–Crippen LogP) is 5.02. The molecule has 1 aliphatic rings. The van der Waals surface area contributed by atoms with Gasteiger partial charge in [-0.25, -0.2) is 13.3 Å². The summed E-state index contributed by atoms with van der Waals surface area (Å²) in [5, 5.41) is 0.516. The maximum atomic E-state index is 12.9. The molecule has 2 aromatic carbocycles. The lowest BCUT2D eigenvalue weighted by atomic mass is 9.97. The molecule has 4 rings (SSSR count). The number of rotatable bonds is 6. The predicted molar refractivity (Wildman–Crippen MR) is 129 cm³/mol. The van der Waals surface area contributed by atoms with Crippen LogP contribution in [0.1, 0.15) is 21.5 Å². The Balaban J connectivity index is 1.48. The Morgan fingerprint density at radius 1 is 1.00 bits per heavy atom. The molecule has 0 bridgehead atoms. The number of carbonyl (C=O) groups is 3. The van der Waals surface area contributed by atoms with Crippen molar-refractivity contribution in [2.45, 2.75) is 17.1 Å². The van der Waals surface area contributed by atoms with Gasteiger partial charge in [0, 0.05) is 17.0 Å². The average Bonchev–Trinajstić information content (AvgIpc) is 3.09. The first kappa shape index (κ1) is 23.9. The van der Waals surface area contributed by atoms with Crippen molar-refractivity contribution in [3.8, 4) is 0 Å². The van der Waals surface area contributed by atoms with Crippen molar-refractivity contribution in [2.24, 2.45) is 0 Å². The second kappa shape index (κ2) is 9.19. The maximum absolute atomic E-state index is 12.9. The van der Waals surface area contributed by atoms with Crippen molar-refractivity contribution < 1.29 is 22.8 Å². The van der Waals surface area contributed by atoms with Crippen LogP contribution in [0.25, 0.3) is 0 Å². The van der Waals surface area contributed by atoms with Crippen LogP contribution in [0.2, 0.25) is 14.4 Å². The Kier molecular flexibility index (Phi) is 6.66. The third-order valence-corrected chi connectivity index (χ3v) is 9.31. The molecule has 33 heavy (non-hydrogen) atoms. The average molecular weight is 543 g/mol. The minimum absolute atomic E-state index is 0.0626. The van der Waals surface area contributed by atoms with Crippen LogP contribution in [-0.2, 0) is 32.3 Å². The van der Waals surface area contributed by atoms with E-state index in [1.165, 1.54) is 12.1 Å². The van der Waals surface area contributed by atoms with Crippen LogP contribution in [0.3, 0.4) is 0 Å². The van der Waals surface area contributed by atoms with Crippen LogP contribution >= 0.6 is 46.1 Å². The van der Waals surface area contributed by atoms with Crippen LogP contribution in [0, 0.1) is 0 Å². The number of benzene rings is 2. The van der Waals surface area contributed by atoms with Crippen molar-refractivity contribution in [2.75, 3.05) is 10.7 Å². The van der Waals surface area contributed by atoms with Gasteiger partial charge in [-0.15, -0.1) is 11.3 Å². The molecule has 0 N–H and O–H groups in total. The van der Waals surface area contributed by atoms with Crippen molar-refractivity contribution in [1.29, 1.82) is 0 Å². The molecule has 2 heterocycles. The molecule has 1 aromatic heterocycles. The summed E-state index contributed by atoms with van der Waals surface area (Å²) in [5.41, 5.74) is 1.87. The van der Waals surface area contributed by atoms with Gasteiger partial charge in [-0.2, -0.15) is 0 Å². The number of fused-ring (bicyclic) bond motifs is 1. The molecule has 6 nitrogen and oxygen atoms in total. The summed E-state index contributed by atoms with van der Waals surface area (Å²) < 4.78 is 25.0. The Bertz CT molecular complexity index is 1380. The van der Waals surface area contributed by atoms with E-state index in [1.54, 1.807) is 36.4 Å². The number of carbonyl (C=O) groups excluding carboxylic acids is 3. The third-order valence-electron chi connectivity index (χ3n) is 4.97. The van der Waals surface area contributed by atoms with E-state index >= 15 is 0 Å². The third kappa shape index (κ3) is 5.00. The standard InChI is InChI=1S/C22H14Cl3NO5S2/c23-14-4-3-13-8-19(28)26(22(29)17(13)9-14)15-5-1-12(2-6-15)7-16(27)11-33(30,31)20-10-18(24)21(25)32-20/h1-6,9-10H,7-8,11H2. The summed E-state index contributed by atoms with van der Waals surface area (Å²) in [6.07, 6.45) is -0.0697. The number of hydrogen-bond donors (Lipinski definition) is 0. The lowest BCUT2D eigenvalue weighted by Crippen LogP contribution is -2.42. The highest BCUT2D eigenvalue weighted by Gasteiger charge is 2.32. The molecule has 0 fully saturated rings. The molecule has 0 saturated carbocycles. The van der Waals surface area contributed by atoms with Gasteiger partial charge in [-0.1, -0.05) is 53.0 Å². The Hall–Kier alpha value is -2.23. The second-order valence-electron chi connectivity index (χ2n) is 7.34. The molecule has 2 amide bonds. The van der Waals surface area contributed by atoms with E-state index in [2.05, 4.69) is 0 Å². The van der Waals surface area contributed by atoms with Crippen molar-refractivity contribution in [1.82, 2.24) is 0 Å². The van der Waals surface area contributed by atoms with Crippen molar-refractivity contribution in [3.05, 3.63) is 79.6 Å². The molecular formula is C22H14Cl3NO5S2. The number of anilines is 1. The minimum atomic E-state index is -3.86. The van der Waals surface area contributed by atoms with Gasteiger partial charge in [0.05, 0.1) is 17.1 Å². The van der Waals surface area contributed by atoms with Gasteiger partial charge in [0.25, 0.3) is 5.91 Å². The number of nitrogens with zero attached hydrogens (tertiary/aromatic N) is 1. The zero-order valence-corrected chi connectivity index (χ0v) is 20.6. The topological polar surface area (TPSA) is 88.6 Å². The van der Waals surface area contributed by atoms with Crippen LogP contribution in [-0.4, -0.2) is 31.8 Å². The second-order valence-corrected chi connectivity index (χ2v) is 12.1. The van der Waals surface area contributed by atoms with Gasteiger partial charge < -0.3 is 0 Å². The highest BCUT2D eigenvalue weighted by atomic mass is 35.5. The summed E-state index contributed by atoms with van der Waals surface area (Å²) in [6, 6.07) is 12.3. The van der Waals surface area contributed by atoms with Gasteiger partial charge in [-0.3, -0.25) is 14.4 Å². The molecule has 3 aromatic rings. The highest BCUT2D eigenvalue weighted by molar-refractivity contribution is 7.94. The first-order valence-corrected chi connectivity index (χ1v) is 13.1. The number of Topliss-reactive ketones (excluding diaryl/α,β-unsaturated/α-hetero) is 1. The number of thiophene rings is 1. The summed E-state index contributed by atoms with van der Waals surface area (Å²) in [4.78, 5) is 38.9. The van der Waals surface area contributed by atoms with Gasteiger partial charge in [0.15, 0.2) is 15.6 Å². The van der Waals surface area contributed by atoms with E-state index in [9.17, 15) is 22.8 Å². The molecular weight excluding hydrogens is 529 g/mol. The zero-order chi connectivity index (χ0) is 23.9. The molecule has 11 heteroatoms. The molecule has 0 unspecified atom stereocenters. The molecule has 170 valence electrons. The van der Waals surface area contributed by atoms with Gasteiger partial charge in [0.1, 0.15) is 14.3 Å². The van der Waals surface area contributed by atoms with Gasteiger partial charge in [-0.05, 0) is 41.5 Å². The number of ketones is 1. The number of amides is 2. The lowest BCUT2D eigenvalue weighted by Gasteiger charge is -2.27. The largest absolute Gasteiger partial charge is 0.298 e. The summed E-state index contributed by atoms with van der Waals surface area (Å²) >= 11 is 18.4. The quantitative estimate of drug-likeness (QED) is 0.408. The molecule has 0 atom stereocenters. The van der Waals surface area contributed by atoms with Crippen LogP contribution in [0.4, 0.5) is 5.69 Å². The summed E-state index contributed by atoms with van der Waals surface area (Å²) in [7, 11) is -3.86. The van der Waals surface area contributed by atoms with Crippen LogP contribution in [0.15, 0.2) is 52.7 Å². The van der Waals surface area contributed by atoms with Gasteiger partial charge >= 0.3 is 0 Å². The van der Waals surface area contributed by atoms with Crippen molar-refractivity contribution >= 4 is 79.3 Å². The Morgan fingerprint density at radius 3 is 2.33 bits per heavy atom. The van der Waals surface area contributed by atoms with Crippen LogP contribution < -0.4 is 4.90 Å². The fraction of sp³-hybridized carbons (Fsp3) is 0.136. The van der Waals surface area contributed by atoms with Crippen molar-refractivity contribution in [3.63, 3.8) is 0 Å². The van der Waals surface area contributed by atoms with Gasteiger partial charge in [0.2, 0.25) is 5.91 Å². The normalized spacial score (nSPS) is 13.8. The Morgan fingerprint density at radius 2 is 1.70 bits per heavy atom. The SMILES string of the molecule is O=C(Cc1ccc(N2C(=O)Cc3ccc(Cl)cc3C2=O)cc1)CS(=O)(=O)c1cc(Cl)c(Cl)s1. The smallest absolute Gasteiger partial charge is 0.265 e. The maximum Gasteiger partial charge on any atom is 0.265 e. The highest BCUT2D eigenvalue weighted by Crippen LogP contribution is 2.35. The van der Waals surface area contributed by atoms with E-state index in [0.717, 1.165) is 16.2 Å². The molecule has 0 aliphatic carbocycles. The summed E-state index contributed by atoms with van der Waals surface area (Å²) in [5.74, 6) is -2.07.